The van der Waals surface area contributed by atoms with Gasteiger partial charge < -0.3 is 15.2 Å². The Kier molecular flexibility index (Phi) is 6.85. The standard InChI is InChI=1S/C25H35NO3/c1-16-13-23-22(17(2)15-26-19(4)21-9-7-6-8-10-21)12-11-18(3)25(23,28)14-24(16)29-20(5)27/h6-10,13,17-19,22-24,26,28H,11-12,15H2,1-5H3/t17-,18-,19+,22+,23-,24-,25-/m1/s1. The van der Waals surface area contributed by atoms with Gasteiger partial charge in [0.2, 0.25) is 0 Å². The largest absolute Gasteiger partial charge is 0.457 e. The van der Waals surface area contributed by atoms with Crippen molar-refractivity contribution in [3.8, 4) is 0 Å². The molecule has 1 saturated carbocycles. The van der Waals surface area contributed by atoms with E-state index in [0.29, 0.717) is 11.8 Å². The summed E-state index contributed by atoms with van der Waals surface area (Å²) in [5.41, 5.74) is 1.20. The summed E-state index contributed by atoms with van der Waals surface area (Å²) in [4.78, 5) is 11.5. The van der Waals surface area contributed by atoms with E-state index in [1.54, 1.807) is 0 Å². The Morgan fingerprint density at radius 2 is 2.00 bits per heavy atom. The van der Waals surface area contributed by atoms with Crippen LogP contribution in [0, 0.1) is 30.1 Å². The number of esters is 1. The molecule has 0 aromatic heterocycles. The number of hydrogen-bond acceptors (Lipinski definition) is 4. The van der Waals surface area contributed by atoms with E-state index >= 15 is 0 Å². The SMILES string of the molecule is CC(=O)O[C@@H]1[C][C@@]2(O)[C@H](C)CC[C@@H]([C@H](C)CN[C@@H](C)c3ccccc3)[C@H]2C=C1C. The fraction of sp³-hybridized carbons (Fsp3) is 0.600. The lowest BCUT2D eigenvalue weighted by molar-refractivity contribution is -0.148. The molecule has 2 aliphatic carbocycles. The number of ether oxygens (including phenoxy) is 1. The van der Waals surface area contributed by atoms with Crippen molar-refractivity contribution in [3.05, 3.63) is 54.0 Å². The minimum absolute atomic E-state index is 0.00175. The zero-order chi connectivity index (χ0) is 21.2. The summed E-state index contributed by atoms with van der Waals surface area (Å²) in [5.74, 6) is 0.509. The molecule has 1 fully saturated rings. The number of benzene rings is 1. The number of fused-ring (bicyclic) bond motifs is 1. The van der Waals surface area contributed by atoms with Gasteiger partial charge in [0.15, 0.2) is 0 Å². The third-order valence-electron chi connectivity index (χ3n) is 6.93. The maximum atomic E-state index is 11.6. The number of hydrogen-bond donors (Lipinski definition) is 2. The van der Waals surface area contributed by atoms with Crippen LogP contribution in [0.15, 0.2) is 42.0 Å². The lowest BCUT2D eigenvalue weighted by atomic mass is 9.57. The van der Waals surface area contributed by atoms with Gasteiger partial charge in [-0.2, -0.15) is 0 Å². The molecule has 0 saturated heterocycles. The molecule has 29 heavy (non-hydrogen) atoms. The van der Waals surface area contributed by atoms with Gasteiger partial charge in [0.25, 0.3) is 0 Å². The number of carbonyl (C=O) groups excluding carboxylic acids is 1. The summed E-state index contributed by atoms with van der Waals surface area (Å²) in [6.07, 6.45) is 6.88. The molecule has 0 aliphatic heterocycles. The Hall–Kier alpha value is -1.65. The molecule has 0 bridgehead atoms. The monoisotopic (exact) mass is 397 g/mol. The van der Waals surface area contributed by atoms with Gasteiger partial charge in [0, 0.05) is 18.9 Å². The van der Waals surface area contributed by atoms with E-state index in [-0.39, 0.29) is 23.8 Å². The summed E-state index contributed by atoms with van der Waals surface area (Å²) >= 11 is 0. The highest BCUT2D eigenvalue weighted by Crippen LogP contribution is 2.50. The second kappa shape index (κ2) is 9.01. The van der Waals surface area contributed by atoms with Gasteiger partial charge in [-0.25, -0.2) is 0 Å². The molecular weight excluding hydrogens is 362 g/mol. The van der Waals surface area contributed by atoms with Crippen LogP contribution in [0.25, 0.3) is 0 Å². The average Bonchev–Trinajstić information content (AvgIpc) is 2.69. The van der Waals surface area contributed by atoms with Crippen LogP contribution < -0.4 is 5.32 Å². The van der Waals surface area contributed by atoms with Gasteiger partial charge >= 0.3 is 5.97 Å². The summed E-state index contributed by atoms with van der Waals surface area (Å²) in [5, 5.41) is 15.2. The van der Waals surface area contributed by atoms with Crippen LogP contribution in [0.4, 0.5) is 0 Å². The number of rotatable bonds is 6. The molecule has 1 aromatic carbocycles. The predicted octanol–water partition coefficient (Wildman–Crippen LogP) is 4.34. The molecule has 4 nitrogen and oxygen atoms in total. The smallest absolute Gasteiger partial charge is 0.303 e. The molecule has 4 heteroatoms. The summed E-state index contributed by atoms with van der Waals surface area (Å²) in [6.45, 7) is 10.8. The van der Waals surface area contributed by atoms with E-state index in [1.165, 1.54) is 12.5 Å². The third kappa shape index (κ3) is 4.75. The Bertz CT molecular complexity index is 731. The second-order valence-corrected chi connectivity index (χ2v) is 9.06. The quantitative estimate of drug-likeness (QED) is 0.554. The minimum atomic E-state index is -1.05. The first-order chi connectivity index (χ1) is 13.7. The van der Waals surface area contributed by atoms with Crippen LogP contribution in [0.5, 0.6) is 0 Å². The molecular formula is C25H35NO3. The molecule has 2 radical (unpaired) electrons. The fourth-order valence-corrected chi connectivity index (χ4v) is 4.98. The highest BCUT2D eigenvalue weighted by Gasteiger charge is 2.53. The lowest BCUT2D eigenvalue weighted by Gasteiger charge is -2.52. The maximum Gasteiger partial charge on any atom is 0.303 e. The molecule has 0 heterocycles. The van der Waals surface area contributed by atoms with Crippen LogP contribution in [-0.4, -0.2) is 29.3 Å². The Labute approximate surface area is 175 Å². The van der Waals surface area contributed by atoms with Crippen molar-refractivity contribution >= 4 is 5.97 Å². The predicted molar refractivity (Wildman–Crippen MR) is 115 cm³/mol. The first kappa shape index (κ1) is 22.0. The van der Waals surface area contributed by atoms with Gasteiger partial charge in [0.1, 0.15) is 6.10 Å². The van der Waals surface area contributed by atoms with E-state index in [9.17, 15) is 9.90 Å². The third-order valence-corrected chi connectivity index (χ3v) is 6.93. The topological polar surface area (TPSA) is 58.6 Å². The van der Waals surface area contributed by atoms with Gasteiger partial charge in [-0.3, -0.25) is 4.79 Å². The van der Waals surface area contributed by atoms with Gasteiger partial charge in [-0.1, -0.05) is 50.3 Å². The van der Waals surface area contributed by atoms with E-state index < -0.39 is 11.7 Å². The first-order valence-corrected chi connectivity index (χ1v) is 10.9. The van der Waals surface area contributed by atoms with Crippen LogP contribution in [0.2, 0.25) is 0 Å². The zero-order valence-corrected chi connectivity index (χ0v) is 18.3. The number of nitrogens with one attached hydrogen (secondary N) is 1. The molecule has 7 atom stereocenters. The fourth-order valence-electron chi connectivity index (χ4n) is 4.98. The van der Waals surface area contributed by atoms with Gasteiger partial charge in [-0.05, 0) is 62.1 Å². The van der Waals surface area contributed by atoms with E-state index in [4.69, 9.17) is 4.74 Å². The normalized spacial score (nSPS) is 33.9. The van der Waals surface area contributed by atoms with Crippen LogP contribution >= 0.6 is 0 Å². The number of carbonyl (C=O) groups is 1. The van der Waals surface area contributed by atoms with Gasteiger partial charge in [0.05, 0.1) is 12.0 Å². The van der Waals surface area contributed by atoms with Crippen molar-refractivity contribution in [2.24, 2.45) is 23.7 Å². The van der Waals surface area contributed by atoms with Crippen molar-refractivity contribution in [2.75, 3.05) is 6.54 Å². The van der Waals surface area contributed by atoms with Crippen molar-refractivity contribution in [1.82, 2.24) is 5.32 Å². The molecule has 0 spiro atoms. The van der Waals surface area contributed by atoms with Crippen molar-refractivity contribution in [1.29, 1.82) is 0 Å². The average molecular weight is 398 g/mol. The van der Waals surface area contributed by atoms with Crippen LogP contribution in [-0.2, 0) is 9.53 Å². The van der Waals surface area contributed by atoms with Crippen molar-refractivity contribution in [3.63, 3.8) is 0 Å². The molecule has 0 unspecified atom stereocenters. The van der Waals surface area contributed by atoms with Crippen LogP contribution in [0.1, 0.15) is 59.1 Å². The maximum absolute atomic E-state index is 11.6. The van der Waals surface area contributed by atoms with Crippen molar-refractivity contribution in [2.45, 2.75) is 65.2 Å². The highest BCUT2D eigenvalue weighted by molar-refractivity contribution is 5.66. The summed E-state index contributed by atoms with van der Waals surface area (Å²) < 4.78 is 5.40. The first-order valence-electron chi connectivity index (χ1n) is 10.9. The Morgan fingerprint density at radius 1 is 1.31 bits per heavy atom. The second-order valence-electron chi connectivity index (χ2n) is 9.06. The number of aliphatic hydroxyl groups is 1. The zero-order valence-electron chi connectivity index (χ0n) is 18.3. The minimum Gasteiger partial charge on any atom is -0.457 e. The molecule has 2 aliphatic rings. The molecule has 2 N–H and O–H groups in total. The Morgan fingerprint density at radius 3 is 2.66 bits per heavy atom. The van der Waals surface area contributed by atoms with E-state index in [1.807, 2.05) is 13.0 Å². The van der Waals surface area contributed by atoms with E-state index in [2.05, 4.69) is 62.9 Å². The van der Waals surface area contributed by atoms with Crippen molar-refractivity contribution < 1.29 is 14.6 Å². The molecule has 3 rings (SSSR count). The highest BCUT2D eigenvalue weighted by atomic mass is 16.5. The Balaban J connectivity index is 1.72. The summed E-state index contributed by atoms with van der Waals surface area (Å²) in [6, 6.07) is 10.8. The van der Waals surface area contributed by atoms with Crippen LogP contribution in [0.3, 0.4) is 0 Å². The summed E-state index contributed by atoms with van der Waals surface area (Å²) in [7, 11) is 0. The molecule has 1 aromatic rings. The lowest BCUT2D eigenvalue weighted by Crippen LogP contribution is -2.56. The van der Waals surface area contributed by atoms with Gasteiger partial charge in [-0.15, -0.1) is 0 Å². The molecule has 0 amide bonds. The van der Waals surface area contributed by atoms with E-state index in [0.717, 1.165) is 25.0 Å². The molecule has 158 valence electrons.